The van der Waals surface area contributed by atoms with E-state index in [2.05, 4.69) is 37.4 Å². The van der Waals surface area contributed by atoms with E-state index in [9.17, 15) is 13.2 Å². The van der Waals surface area contributed by atoms with Crippen molar-refractivity contribution in [2.45, 2.75) is 31.8 Å². The standard InChI is InChI=1S/C22H27F3N4O/c1-26-21(28-19-11-12-29(14-19)20-5-3-2-4-6-20)27-13-17-7-9-18(10-8-17)15-30-16-22(23,24)25/h2-10,19H,11-16H2,1H3,(H2,26,27,28). The van der Waals surface area contributed by atoms with Gasteiger partial charge in [-0.1, -0.05) is 42.5 Å². The van der Waals surface area contributed by atoms with E-state index in [4.69, 9.17) is 0 Å². The van der Waals surface area contributed by atoms with Gasteiger partial charge in [-0.15, -0.1) is 0 Å². The molecule has 0 aliphatic carbocycles. The van der Waals surface area contributed by atoms with Crippen LogP contribution in [0.15, 0.2) is 59.6 Å². The predicted molar refractivity (Wildman–Crippen MR) is 113 cm³/mol. The molecule has 1 aliphatic heterocycles. The minimum atomic E-state index is -4.30. The van der Waals surface area contributed by atoms with Gasteiger partial charge in [0.2, 0.25) is 0 Å². The van der Waals surface area contributed by atoms with E-state index in [1.165, 1.54) is 5.69 Å². The van der Waals surface area contributed by atoms with Crippen LogP contribution in [0.25, 0.3) is 0 Å². The largest absolute Gasteiger partial charge is 0.411 e. The number of rotatable bonds is 7. The summed E-state index contributed by atoms with van der Waals surface area (Å²) >= 11 is 0. The lowest BCUT2D eigenvalue weighted by Gasteiger charge is -2.20. The average molecular weight is 420 g/mol. The third-order valence-electron chi connectivity index (χ3n) is 4.89. The van der Waals surface area contributed by atoms with Gasteiger partial charge in [0, 0.05) is 38.4 Å². The van der Waals surface area contributed by atoms with Crippen molar-refractivity contribution < 1.29 is 17.9 Å². The van der Waals surface area contributed by atoms with E-state index < -0.39 is 12.8 Å². The Kier molecular flexibility index (Phi) is 7.57. The number of hydrogen-bond acceptors (Lipinski definition) is 3. The number of aliphatic imine (C=N–C) groups is 1. The molecule has 2 aromatic carbocycles. The normalized spacial score (nSPS) is 17.3. The van der Waals surface area contributed by atoms with Crippen molar-refractivity contribution >= 4 is 11.6 Å². The third-order valence-corrected chi connectivity index (χ3v) is 4.89. The van der Waals surface area contributed by atoms with Crippen molar-refractivity contribution in [1.29, 1.82) is 0 Å². The Morgan fingerprint density at radius 1 is 1.10 bits per heavy atom. The van der Waals surface area contributed by atoms with Gasteiger partial charge in [0.15, 0.2) is 5.96 Å². The molecule has 0 radical (unpaired) electrons. The van der Waals surface area contributed by atoms with Gasteiger partial charge in [-0.25, -0.2) is 0 Å². The number of alkyl halides is 3. The molecule has 8 heteroatoms. The summed E-state index contributed by atoms with van der Waals surface area (Å²) in [6.45, 7) is 1.18. The van der Waals surface area contributed by atoms with Crippen LogP contribution < -0.4 is 15.5 Å². The molecule has 3 rings (SSSR count). The van der Waals surface area contributed by atoms with Crippen LogP contribution in [0.1, 0.15) is 17.5 Å². The van der Waals surface area contributed by atoms with Gasteiger partial charge < -0.3 is 20.3 Å². The Morgan fingerprint density at radius 3 is 2.47 bits per heavy atom. The molecular weight excluding hydrogens is 393 g/mol. The SMILES string of the molecule is CN=C(NCc1ccc(COCC(F)(F)F)cc1)NC1CCN(c2ccccc2)C1. The van der Waals surface area contributed by atoms with Crippen LogP contribution in [0.4, 0.5) is 18.9 Å². The molecule has 30 heavy (non-hydrogen) atoms. The van der Waals surface area contributed by atoms with E-state index in [0.29, 0.717) is 18.2 Å². The first-order chi connectivity index (χ1) is 14.4. The molecule has 0 bridgehead atoms. The van der Waals surface area contributed by atoms with Crippen molar-refractivity contribution in [2.75, 3.05) is 31.6 Å². The molecule has 1 aliphatic rings. The number of hydrogen-bond donors (Lipinski definition) is 2. The Hall–Kier alpha value is -2.74. The summed E-state index contributed by atoms with van der Waals surface area (Å²) in [5.41, 5.74) is 2.94. The zero-order valence-electron chi connectivity index (χ0n) is 17.0. The van der Waals surface area contributed by atoms with Crippen LogP contribution in [0.5, 0.6) is 0 Å². The Labute approximate surface area is 174 Å². The van der Waals surface area contributed by atoms with Gasteiger partial charge in [0.25, 0.3) is 0 Å². The molecule has 1 unspecified atom stereocenters. The van der Waals surface area contributed by atoms with Gasteiger partial charge in [-0.05, 0) is 29.7 Å². The van der Waals surface area contributed by atoms with E-state index in [0.717, 1.165) is 31.0 Å². The van der Waals surface area contributed by atoms with Gasteiger partial charge in [-0.2, -0.15) is 13.2 Å². The molecule has 0 amide bonds. The maximum Gasteiger partial charge on any atom is 0.411 e. The van der Waals surface area contributed by atoms with E-state index >= 15 is 0 Å². The molecule has 2 aromatic rings. The molecule has 1 heterocycles. The van der Waals surface area contributed by atoms with Crippen LogP contribution in [0.2, 0.25) is 0 Å². The fraction of sp³-hybridized carbons (Fsp3) is 0.409. The monoisotopic (exact) mass is 420 g/mol. The number of nitrogens with zero attached hydrogens (tertiary/aromatic N) is 2. The molecule has 0 aromatic heterocycles. The first-order valence-electron chi connectivity index (χ1n) is 9.92. The summed E-state index contributed by atoms with van der Waals surface area (Å²) in [5.74, 6) is 0.729. The van der Waals surface area contributed by atoms with Gasteiger partial charge >= 0.3 is 6.18 Å². The summed E-state index contributed by atoms with van der Waals surface area (Å²) in [5, 5.41) is 6.75. The van der Waals surface area contributed by atoms with Crippen LogP contribution >= 0.6 is 0 Å². The second kappa shape index (κ2) is 10.3. The quantitative estimate of drug-likeness (QED) is 0.530. The summed E-state index contributed by atoms with van der Waals surface area (Å²) in [4.78, 5) is 6.65. The molecule has 2 N–H and O–H groups in total. The fourth-order valence-corrected chi connectivity index (χ4v) is 3.36. The third kappa shape index (κ3) is 6.95. The topological polar surface area (TPSA) is 48.9 Å². The molecule has 1 atom stereocenters. The van der Waals surface area contributed by atoms with Gasteiger partial charge in [-0.3, -0.25) is 4.99 Å². The highest BCUT2D eigenvalue weighted by molar-refractivity contribution is 5.80. The zero-order chi connectivity index (χ0) is 21.4. The van der Waals surface area contributed by atoms with Crippen molar-refractivity contribution in [3.63, 3.8) is 0 Å². The molecule has 0 spiro atoms. The first-order valence-corrected chi connectivity index (χ1v) is 9.92. The van der Waals surface area contributed by atoms with Crippen LogP contribution in [0, 0.1) is 0 Å². The second-order valence-corrected chi connectivity index (χ2v) is 7.26. The summed E-state index contributed by atoms with van der Waals surface area (Å²) in [6.07, 6.45) is -3.27. The summed E-state index contributed by atoms with van der Waals surface area (Å²) < 4.78 is 41.1. The average Bonchev–Trinajstić information content (AvgIpc) is 3.20. The lowest BCUT2D eigenvalue weighted by atomic mass is 10.1. The molecule has 1 fully saturated rings. The fourth-order valence-electron chi connectivity index (χ4n) is 3.36. The van der Waals surface area contributed by atoms with Gasteiger partial charge in [0.1, 0.15) is 6.61 Å². The number of nitrogens with one attached hydrogen (secondary N) is 2. The Bertz CT molecular complexity index is 809. The molecule has 5 nitrogen and oxygen atoms in total. The first kappa shape index (κ1) is 22.0. The number of para-hydroxylation sites is 1. The summed E-state index contributed by atoms with van der Waals surface area (Å²) in [7, 11) is 1.74. The lowest BCUT2D eigenvalue weighted by molar-refractivity contribution is -0.176. The predicted octanol–water partition coefficient (Wildman–Crippen LogP) is 3.71. The molecular formula is C22H27F3N4O. The minimum Gasteiger partial charge on any atom is -0.369 e. The summed E-state index contributed by atoms with van der Waals surface area (Å²) in [6, 6.07) is 18.0. The highest BCUT2D eigenvalue weighted by Crippen LogP contribution is 2.19. The second-order valence-electron chi connectivity index (χ2n) is 7.26. The van der Waals surface area contributed by atoms with Crippen LogP contribution in [0.3, 0.4) is 0 Å². The maximum absolute atomic E-state index is 12.1. The van der Waals surface area contributed by atoms with Crippen LogP contribution in [-0.2, 0) is 17.9 Å². The lowest BCUT2D eigenvalue weighted by Crippen LogP contribution is -2.44. The zero-order valence-corrected chi connectivity index (χ0v) is 17.0. The van der Waals surface area contributed by atoms with Crippen molar-refractivity contribution in [1.82, 2.24) is 10.6 Å². The highest BCUT2D eigenvalue weighted by atomic mass is 19.4. The van der Waals surface area contributed by atoms with Crippen molar-refractivity contribution in [3.05, 3.63) is 65.7 Å². The number of benzene rings is 2. The van der Waals surface area contributed by atoms with Crippen molar-refractivity contribution in [3.8, 4) is 0 Å². The number of anilines is 1. The van der Waals surface area contributed by atoms with E-state index in [1.54, 1.807) is 19.2 Å². The minimum absolute atomic E-state index is 0.0595. The van der Waals surface area contributed by atoms with Crippen LogP contribution in [-0.4, -0.2) is 44.9 Å². The van der Waals surface area contributed by atoms with Gasteiger partial charge in [0.05, 0.1) is 6.61 Å². The van der Waals surface area contributed by atoms with Crippen molar-refractivity contribution in [2.24, 2.45) is 4.99 Å². The highest BCUT2D eigenvalue weighted by Gasteiger charge is 2.27. The Balaban J connectivity index is 1.42. The van der Waals surface area contributed by atoms with E-state index in [-0.39, 0.29) is 6.61 Å². The smallest absolute Gasteiger partial charge is 0.369 e. The maximum atomic E-state index is 12.1. The number of halogens is 3. The molecule has 162 valence electrons. The van der Waals surface area contributed by atoms with E-state index in [1.807, 2.05) is 30.3 Å². The molecule has 0 saturated carbocycles. The molecule has 1 saturated heterocycles. The Morgan fingerprint density at radius 2 is 1.80 bits per heavy atom. The number of guanidine groups is 1. The number of ether oxygens (including phenoxy) is 1.